The zero-order chi connectivity index (χ0) is 28.5. The predicted octanol–water partition coefficient (Wildman–Crippen LogP) is 4.46. The molecule has 9 nitrogen and oxygen atoms in total. The zero-order valence-corrected chi connectivity index (χ0v) is 22.0. The Kier molecular flexibility index (Phi) is 7.71. The fourth-order valence-corrected chi connectivity index (χ4v) is 4.35. The number of nitrogens with one attached hydrogen (secondary N) is 1. The molecule has 1 aliphatic heterocycles. The molecule has 1 aromatic carbocycles. The van der Waals surface area contributed by atoms with Crippen molar-refractivity contribution in [3.05, 3.63) is 53.7 Å². The van der Waals surface area contributed by atoms with E-state index in [0.29, 0.717) is 42.6 Å². The molecule has 13 heteroatoms. The van der Waals surface area contributed by atoms with Crippen LogP contribution >= 0.6 is 0 Å². The average molecular weight is 551 g/mol. The van der Waals surface area contributed by atoms with Crippen molar-refractivity contribution in [3.63, 3.8) is 0 Å². The maximum absolute atomic E-state index is 14.1. The number of alkyl halides is 3. The minimum absolute atomic E-state index is 0.161. The number of carbonyl (C=O) groups is 2. The Morgan fingerprint density at radius 3 is 2.31 bits per heavy atom. The van der Waals surface area contributed by atoms with E-state index in [-0.39, 0.29) is 24.4 Å². The molecule has 1 fully saturated rings. The number of piperazine rings is 1. The Labute approximate surface area is 222 Å². The lowest BCUT2D eigenvalue weighted by molar-refractivity contribution is -0.138. The van der Waals surface area contributed by atoms with Gasteiger partial charge in [0.25, 0.3) is 5.91 Å². The third-order valence-electron chi connectivity index (χ3n) is 6.12. The number of carbonyl (C=O) groups excluding carboxylic acids is 2. The van der Waals surface area contributed by atoms with Crippen molar-refractivity contribution in [2.24, 2.45) is 0 Å². The molecule has 0 radical (unpaired) electrons. The Hall–Kier alpha value is -3.90. The van der Waals surface area contributed by atoms with Crippen LogP contribution in [-0.2, 0) is 17.5 Å². The molecule has 1 atom stereocenters. The molecule has 0 saturated carbocycles. The van der Waals surface area contributed by atoms with E-state index in [4.69, 9.17) is 4.74 Å². The van der Waals surface area contributed by atoms with Crippen molar-refractivity contribution in [3.8, 4) is 0 Å². The molecule has 3 heterocycles. The third kappa shape index (κ3) is 6.76. The number of rotatable bonds is 5. The van der Waals surface area contributed by atoms with Crippen molar-refractivity contribution in [2.75, 3.05) is 31.1 Å². The van der Waals surface area contributed by atoms with Crippen molar-refractivity contribution >= 4 is 28.9 Å². The zero-order valence-electron chi connectivity index (χ0n) is 22.0. The van der Waals surface area contributed by atoms with Gasteiger partial charge in [0, 0.05) is 62.7 Å². The first-order valence-corrected chi connectivity index (χ1v) is 12.4. The number of amides is 2. The highest BCUT2D eigenvalue weighted by Gasteiger charge is 2.32. The lowest BCUT2D eigenvalue weighted by atomic mass is 10.1. The Bertz CT molecular complexity index is 1340. The van der Waals surface area contributed by atoms with E-state index in [0.717, 1.165) is 12.4 Å². The van der Waals surface area contributed by atoms with Gasteiger partial charge < -0.3 is 24.4 Å². The van der Waals surface area contributed by atoms with E-state index in [1.54, 1.807) is 54.3 Å². The van der Waals surface area contributed by atoms with E-state index in [2.05, 4.69) is 15.3 Å². The summed E-state index contributed by atoms with van der Waals surface area (Å²) in [5, 5.41) is 3.32. The number of hydrogen-bond acceptors (Lipinski definition) is 6. The van der Waals surface area contributed by atoms with Gasteiger partial charge in [-0.05, 0) is 45.9 Å². The number of anilines is 1. The second-order valence-electron chi connectivity index (χ2n) is 10.5. The lowest BCUT2D eigenvalue weighted by Gasteiger charge is -2.34. The fraction of sp³-hybridized carbons (Fsp3) is 0.462. The molecular formula is C26H30F4N6O3. The second-order valence-corrected chi connectivity index (χ2v) is 10.5. The van der Waals surface area contributed by atoms with Gasteiger partial charge in [-0.25, -0.2) is 19.2 Å². The number of hydrogen-bond donors (Lipinski definition) is 1. The summed E-state index contributed by atoms with van der Waals surface area (Å²) in [6.07, 6.45) is -1.97. The van der Waals surface area contributed by atoms with Gasteiger partial charge in [-0.15, -0.1) is 0 Å². The summed E-state index contributed by atoms with van der Waals surface area (Å²) in [7, 11) is 0. The molecule has 1 saturated heterocycles. The van der Waals surface area contributed by atoms with Crippen LogP contribution in [0, 0.1) is 5.82 Å². The second kappa shape index (κ2) is 10.7. The summed E-state index contributed by atoms with van der Waals surface area (Å²) in [6, 6.07) is 3.79. The van der Waals surface area contributed by atoms with Crippen LogP contribution in [0.3, 0.4) is 0 Å². The summed E-state index contributed by atoms with van der Waals surface area (Å²) < 4.78 is 59.5. The van der Waals surface area contributed by atoms with Gasteiger partial charge in [0.2, 0.25) is 5.95 Å². The van der Waals surface area contributed by atoms with Crippen molar-refractivity contribution < 1.29 is 31.9 Å². The van der Waals surface area contributed by atoms with Crippen LogP contribution in [0.15, 0.2) is 36.8 Å². The number of nitrogens with zero attached hydrogens (tertiary/aromatic N) is 5. The molecule has 2 amide bonds. The summed E-state index contributed by atoms with van der Waals surface area (Å²) in [5.74, 6) is -0.557. The molecule has 0 aliphatic carbocycles. The molecule has 210 valence electrons. The highest BCUT2D eigenvalue weighted by atomic mass is 19.4. The van der Waals surface area contributed by atoms with Crippen molar-refractivity contribution in [1.29, 1.82) is 0 Å². The number of ether oxygens (including phenoxy) is 1. The Balaban J connectivity index is 1.46. The molecule has 4 rings (SSSR count). The van der Waals surface area contributed by atoms with Gasteiger partial charge in [0.1, 0.15) is 11.4 Å². The van der Waals surface area contributed by atoms with E-state index >= 15 is 0 Å². The smallest absolute Gasteiger partial charge is 0.419 e. The minimum atomic E-state index is -4.52. The largest absolute Gasteiger partial charge is 0.444 e. The SMILES string of the molecule is CC(Cn1cc(C(=O)N2CCN(c3ncc(C(F)(F)F)cn3)CC2)c2ccc(F)cc21)NC(=O)OC(C)(C)C. The number of aromatic nitrogens is 3. The third-order valence-corrected chi connectivity index (χ3v) is 6.12. The maximum atomic E-state index is 14.1. The number of benzene rings is 1. The van der Waals surface area contributed by atoms with Crippen molar-refractivity contribution in [1.82, 2.24) is 24.8 Å². The number of halogens is 4. The van der Waals surface area contributed by atoms with Crippen LogP contribution in [-0.4, -0.2) is 69.3 Å². The quantitative estimate of drug-likeness (QED) is 0.472. The highest BCUT2D eigenvalue weighted by Crippen LogP contribution is 2.29. The summed E-state index contributed by atoms with van der Waals surface area (Å²) in [4.78, 5) is 36.7. The van der Waals surface area contributed by atoms with Crippen LogP contribution < -0.4 is 10.2 Å². The highest BCUT2D eigenvalue weighted by molar-refractivity contribution is 6.07. The van der Waals surface area contributed by atoms with Crippen LogP contribution in [0.5, 0.6) is 0 Å². The first kappa shape index (κ1) is 28.1. The van der Waals surface area contributed by atoms with Gasteiger partial charge in [-0.3, -0.25) is 4.79 Å². The first-order valence-electron chi connectivity index (χ1n) is 12.4. The monoisotopic (exact) mass is 550 g/mol. The van der Waals surface area contributed by atoms with Gasteiger partial charge in [-0.1, -0.05) is 0 Å². The summed E-state index contributed by atoms with van der Waals surface area (Å²) in [6.45, 7) is 8.59. The summed E-state index contributed by atoms with van der Waals surface area (Å²) >= 11 is 0. The first-order chi connectivity index (χ1) is 18.2. The standard InChI is InChI=1S/C26H30F4N6O3/c1-16(33-24(38)39-25(2,3)4)14-36-15-20(19-6-5-18(27)11-21(19)36)22(37)34-7-9-35(10-8-34)23-31-12-17(13-32-23)26(28,29)30/h5-6,11-13,15-16H,7-10,14H2,1-4H3,(H,33,38). The minimum Gasteiger partial charge on any atom is -0.444 e. The molecule has 1 unspecified atom stereocenters. The van der Waals surface area contributed by atoms with Crippen LogP contribution in [0.4, 0.5) is 28.3 Å². The van der Waals surface area contributed by atoms with Gasteiger partial charge in [-0.2, -0.15) is 13.2 Å². The van der Waals surface area contributed by atoms with E-state index < -0.39 is 29.3 Å². The molecule has 0 bridgehead atoms. The van der Waals surface area contributed by atoms with E-state index in [9.17, 15) is 27.2 Å². The lowest BCUT2D eigenvalue weighted by Crippen LogP contribution is -2.49. The van der Waals surface area contributed by atoms with Gasteiger partial charge >= 0.3 is 12.3 Å². The van der Waals surface area contributed by atoms with Crippen LogP contribution in [0.2, 0.25) is 0 Å². The fourth-order valence-electron chi connectivity index (χ4n) is 4.35. The Morgan fingerprint density at radius 2 is 1.72 bits per heavy atom. The molecule has 2 aromatic heterocycles. The van der Waals surface area contributed by atoms with Crippen LogP contribution in [0.1, 0.15) is 43.6 Å². The molecule has 3 aromatic rings. The van der Waals surface area contributed by atoms with Gasteiger partial charge in [0.05, 0.1) is 16.6 Å². The molecule has 1 aliphatic rings. The normalized spacial score (nSPS) is 15.4. The Morgan fingerprint density at radius 1 is 1.08 bits per heavy atom. The number of alkyl carbamates (subject to hydrolysis) is 1. The van der Waals surface area contributed by atoms with Crippen molar-refractivity contribution in [2.45, 2.75) is 52.1 Å². The maximum Gasteiger partial charge on any atom is 0.419 e. The molecular weight excluding hydrogens is 520 g/mol. The molecule has 39 heavy (non-hydrogen) atoms. The average Bonchev–Trinajstić information content (AvgIpc) is 3.19. The van der Waals surface area contributed by atoms with Crippen LogP contribution in [0.25, 0.3) is 10.9 Å². The van der Waals surface area contributed by atoms with E-state index in [1.165, 1.54) is 12.1 Å². The van der Waals surface area contributed by atoms with E-state index in [1.807, 2.05) is 0 Å². The molecule has 1 N–H and O–H groups in total. The molecule has 0 spiro atoms. The summed E-state index contributed by atoms with van der Waals surface area (Å²) in [5.41, 5.74) is -0.694. The number of fused-ring (bicyclic) bond motifs is 1. The topological polar surface area (TPSA) is 92.6 Å². The predicted molar refractivity (Wildman–Crippen MR) is 136 cm³/mol. The van der Waals surface area contributed by atoms with Gasteiger partial charge in [0.15, 0.2) is 0 Å².